The third-order valence-corrected chi connectivity index (χ3v) is 5.33. The first-order chi connectivity index (χ1) is 12.8. The van der Waals surface area contributed by atoms with Gasteiger partial charge in [0.05, 0.1) is 4.92 Å². The smallest absolute Gasteiger partial charge is 0.269 e. The number of nitro benzene ring substituents is 1. The van der Waals surface area contributed by atoms with Gasteiger partial charge in [-0.05, 0) is 57.5 Å². The molecule has 0 radical (unpaired) electrons. The van der Waals surface area contributed by atoms with Crippen LogP contribution in [-0.4, -0.2) is 43.6 Å². The monoisotopic (exact) mass is 389 g/mol. The number of nitro groups is 1. The number of hydrogen-bond acceptors (Lipinski definition) is 5. The maximum absolute atomic E-state index is 12.8. The van der Waals surface area contributed by atoms with Crippen LogP contribution in [0.15, 0.2) is 18.2 Å². The van der Waals surface area contributed by atoms with Crippen LogP contribution >= 0.6 is 12.2 Å². The standard InChI is InChI=1S/C18H23N5O3S/c1-11(2)22-16(19-20-18(22)27)13-6-8-21(9-7-13)17(24)15-5-4-14(23(25)26)10-12(15)3/h4-5,10-11,13H,6-9H2,1-3H3,(H,20,27). The molecule has 1 aromatic carbocycles. The molecule has 1 aromatic heterocycles. The normalized spacial score (nSPS) is 15.3. The quantitative estimate of drug-likeness (QED) is 0.488. The van der Waals surface area contributed by atoms with E-state index in [4.69, 9.17) is 12.2 Å². The maximum Gasteiger partial charge on any atom is 0.269 e. The molecule has 0 atom stereocenters. The molecule has 1 aliphatic rings. The van der Waals surface area contributed by atoms with Crippen LogP contribution in [0.3, 0.4) is 0 Å². The zero-order valence-electron chi connectivity index (χ0n) is 15.6. The van der Waals surface area contributed by atoms with Crippen molar-refractivity contribution >= 4 is 23.8 Å². The average molecular weight is 389 g/mol. The molecule has 2 heterocycles. The fourth-order valence-corrected chi connectivity index (χ4v) is 3.97. The lowest BCUT2D eigenvalue weighted by Gasteiger charge is -2.32. The van der Waals surface area contributed by atoms with Gasteiger partial charge in [-0.3, -0.25) is 20.0 Å². The molecule has 27 heavy (non-hydrogen) atoms. The van der Waals surface area contributed by atoms with Crippen LogP contribution in [0.2, 0.25) is 0 Å². The van der Waals surface area contributed by atoms with Crippen LogP contribution in [0.5, 0.6) is 0 Å². The Morgan fingerprint density at radius 2 is 2.04 bits per heavy atom. The van der Waals surface area contributed by atoms with E-state index in [0.717, 1.165) is 18.7 Å². The van der Waals surface area contributed by atoms with Crippen molar-refractivity contribution in [2.75, 3.05) is 13.1 Å². The van der Waals surface area contributed by atoms with Crippen molar-refractivity contribution in [3.8, 4) is 0 Å². The number of amides is 1. The number of aromatic nitrogens is 3. The third kappa shape index (κ3) is 3.78. The number of aromatic amines is 1. The minimum absolute atomic E-state index is 0.000695. The van der Waals surface area contributed by atoms with E-state index < -0.39 is 4.92 Å². The topological polar surface area (TPSA) is 97.1 Å². The van der Waals surface area contributed by atoms with E-state index >= 15 is 0 Å². The summed E-state index contributed by atoms with van der Waals surface area (Å²) in [6.07, 6.45) is 1.62. The van der Waals surface area contributed by atoms with Crippen molar-refractivity contribution in [1.82, 2.24) is 19.7 Å². The molecular formula is C18H23N5O3S. The number of aryl methyl sites for hydroxylation is 1. The summed E-state index contributed by atoms with van der Waals surface area (Å²) in [4.78, 5) is 25.1. The Labute approximate surface area is 162 Å². The molecule has 3 rings (SSSR count). The zero-order valence-corrected chi connectivity index (χ0v) is 16.5. The molecule has 2 aromatic rings. The SMILES string of the molecule is Cc1cc([N+](=O)[O-])ccc1C(=O)N1CCC(c2n[nH]c(=S)n2C(C)C)CC1. The van der Waals surface area contributed by atoms with Gasteiger partial charge >= 0.3 is 0 Å². The summed E-state index contributed by atoms with van der Waals surface area (Å²) in [5.41, 5.74) is 1.14. The Morgan fingerprint density at radius 1 is 1.37 bits per heavy atom. The largest absolute Gasteiger partial charge is 0.339 e. The summed E-state index contributed by atoms with van der Waals surface area (Å²) in [5.74, 6) is 1.12. The summed E-state index contributed by atoms with van der Waals surface area (Å²) >= 11 is 5.32. The van der Waals surface area contributed by atoms with Crippen molar-refractivity contribution < 1.29 is 9.72 Å². The molecule has 0 bridgehead atoms. The summed E-state index contributed by atoms with van der Waals surface area (Å²) in [5, 5.41) is 18.2. The van der Waals surface area contributed by atoms with Gasteiger partial charge in [-0.15, -0.1) is 0 Å². The van der Waals surface area contributed by atoms with Crippen molar-refractivity contribution in [2.24, 2.45) is 0 Å². The van der Waals surface area contributed by atoms with Gasteiger partial charge in [-0.25, -0.2) is 0 Å². The van der Waals surface area contributed by atoms with Crippen LogP contribution < -0.4 is 0 Å². The lowest BCUT2D eigenvalue weighted by atomic mass is 9.94. The summed E-state index contributed by atoms with van der Waals surface area (Å²) in [6.45, 7) is 7.12. The van der Waals surface area contributed by atoms with Crippen molar-refractivity contribution in [3.63, 3.8) is 0 Å². The highest BCUT2D eigenvalue weighted by Gasteiger charge is 2.29. The van der Waals surface area contributed by atoms with Gasteiger partial charge in [-0.2, -0.15) is 5.10 Å². The fraction of sp³-hybridized carbons (Fsp3) is 0.500. The van der Waals surface area contributed by atoms with Crippen LogP contribution in [0, 0.1) is 21.8 Å². The Morgan fingerprint density at radius 3 is 2.59 bits per heavy atom. The number of non-ortho nitro benzene ring substituents is 1. The number of H-pyrrole nitrogens is 1. The van der Waals surface area contributed by atoms with E-state index in [9.17, 15) is 14.9 Å². The molecule has 8 nitrogen and oxygen atoms in total. The minimum Gasteiger partial charge on any atom is -0.339 e. The van der Waals surface area contributed by atoms with E-state index in [0.29, 0.717) is 29.0 Å². The zero-order chi connectivity index (χ0) is 19.7. The van der Waals surface area contributed by atoms with Gasteiger partial charge in [0.1, 0.15) is 5.82 Å². The van der Waals surface area contributed by atoms with Gasteiger partial charge < -0.3 is 9.47 Å². The lowest BCUT2D eigenvalue weighted by Crippen LogP contribution is -2.38. The molecule has 9 heteroatoms. The molecule has 0 spiro atoms. The predicted molar refractivity (Wildman–Crippen MR) is 104 cm³/mol. The van der Waals surface area contributed by atoms with E-state index in [1.807, 2.05) is 9.47 Å². The van der Waals surface area contributed by atoms with Gasteiger partial charge in [-0.1, -0.05) is 0 Å². The Kier molecular flexibility index (Phi) is 5.41. The first-order valence-electron chi connectivity index (χ1n) is 9.00. The van der Waals surface area contributed by atoms with Crippen LogP contribution in [-0.2, 0) is 0 Å². The predicted octanol–water partition coefficient (Wildman–Crippen LogP) is 3.76. The Bertz CT molecular complexity index is 925. The number of carbonyl (C=O) groups excluding carboxylic acids is 1. The Hall–Kier alpha value is -2.55. The number of benzene rings is 1. The molecule has 1 aliphatic heterocycles. The fourth-order valence-electron chi connectivity index (χ4n) is 3.62. The van der Waals surface area contributed by atoms with E-state index in [-0.39, 0.29) is 23.6 Å². The van der Waals surface area contributed by atoms with Gasteiger partial charge in [0.15, 0.2) is 4.77 Å². The molecule has 1 amide bonds. The first-order valence-corrected chi connectivity index (χ1v) is 9.41. The molecule has 1 N–H and O–H groups in total. The summed E-state index contributed by atoms with van der Waals surface area (Å²) in [7, 11) is 0. The highest BCUT2D eigenvalue weighted by atomic mass is 32.1. The number of likely N-dealkylation sites (tertiary alicyclic amines) is 1. The molecule has 1 fully saturated rings. The van der Waals surface area contributed by atoms with Crippen molar-refractivity contribution in [2.45, 2.75) is 45.6 Å². The molecule has 0 aliphatic carbocycles. The lowest BCUT2D eigenvalue weighted by molar-refractivity contribution is -0.384. The van der Waals surface area contributed by atoms with E-state index in [1.165, 1.54) is 12.1 Å². The highest BCUT2D eigenvalue weighted by molar-refractivity contribution is 7.71. The first kappa shape index (κ1) is 19.2. The average Bonchev–Trinajstić information content (AvgIpc) is 3.03. The van der Waals surface area contributed by atoms with Gasteiger partial charge in [0.2, 0.25) is 0 Å². The Balaban J connectivity index is 1.72. The summed E-state index contributed by atoms with van der Waals surface area (Å²) < 4.78 is 2.66. The molecule has 0 unspecified atom stereocenters. The number of nitrogens with zero attached hydrogens (tertiary/aromatic N) is 4. The van der Waals surface area contributed by atoms with E-state index in [1.54, 1.807) is 13.0 Å². The van der Waals surface area contributed by atoms with Crippen molar-refractivity contribution in [3.05, 3.63) is 50.0 Å². The van der Waals surface area contributed by atoms with Crippen LogP contribution in [0.1, 0.15) is 60.4 Å². The minimum atomic E-state index is -0.450. The van der Waals surface area contributed by atoms with Crippen LogP contribution in [0.4, 0.5) is 5.69 Å². The summed E-state index contributed by atoms with van der Waals surface area (Å²) in [6, 6.07) is 4.60. The van der Waals surface area contributed by atoms with E-state index in [2.05, 4.69) is 24.0 Å². The number of hydrogen-bond donors (Lipinski definition) is 1. The molecule has 144 valence electrons. The van der Waals surface area contributed by atoms with Gasteiger partial charge in [0, 0.05) is 42.7 Å². The van der Waals surface area contributed by atoms with Crippen LogP contribution in [0.25, 0.3) is 0 Å². The number of rotatable bonds is 4. The number of carbonyl (C=O) groups is 1. The van der Waals surface area contributed by atoms with Crippen molar-refractivity contribution in [1.29, 1.82) is 0 Å². The highest BCUT2D eigenvalue weighted by Crippen LogP contribution is 2.29. The van der Waals surface area contributed by atoms with Gasteiger partial charge in [0.25, 0.3) is 11.6 Å². The molecular weight excluding hydrogens is 366 g/mol. The second-order valence-corrected chi connectivity index (χ2v) is 7.56. The third-order valence-electron chi connectivity index (χ3n) is 5.05. The second kappa shape index (κ2) is 7.59. The molecule has 1 saturated heterocycles. The second-order valence-electron chi connectivity index (χ2n) is 7.17. The number of piperidine rings is 1. The number of nitrogens with one attached hydrogen (secondary N) is 1. The maximum atomic E-state index is 12.8. The molecule has 0 saturated carbocycles.